The minimum Gasteiger partial charge on any atom is -0.228 e. The fourth-order valence-electron chi connectivity index (χ4n) is 2.48. The van der Waals surface area contributed by atoms with Gasteiger partial charge in [-0.25, -0.2) is 16.8 Å². The molecule has 0 amide bonds. The SMILES string of the molecule is O=S1(=O)CC2CC1CN2S(=O)(=O)c1cccs1. The molecule has 2 aliphatic rings. The van der Waals surface area contributed by atoms with Crippen LogP contribution in [0.15, 0.2) is 21.7 Å². The number of thiophene rings is 1. The molecule has 2 bridgehead atoms. The topological polar surface area (TPSA) is 71.5 Å². The molecule has 0 aromatic carbocycles. The third-order valence-electron chi connectivity index (χ3n) is 3.32. The average Bonchev–Trinajstić information content (AvgIpc) is 2.89. The van der Waals surface area contributed by atoms with Crippen molar-refractivity contribution in [2.24, 2.45) is 0 Å². The zero-order valence-electron chi connectivity index (χ0n) is 8.81. The molecule has 0 saturated carbocycles. The van der Waals surface area contributed by atoms with Crippen molar-refractivity contribution in [3.63, 3.8) is 0 Å². The lowest BCUT2D eigenvalue weighted by Crippen LogP contribution is -2.43. The predicted molar refractivity (Wildman–Crippen MR) is 64.2 cm³/mol. The molecule has 2 aliphatic heterocycles. The summed E-state index contributed by atoms with van der Waals surface area (Å²) >= 11 is 1.16. The van der Waals surface area contributed by atoms with Crippen LogP contribution in [-0.2, 0) is 19.9 Å². The van der Waals surface area contributed by atoms with Crippen molar-refractivity contribution in [3.8, 4) is 0 Å². The molecule has 5 nitrogen and oxygen atoms in total. The molecule has 2 unspecified atom stereocenters. The van der Waals surface area contributed by atoms with Crippen LogP contribution in [0.25, 0.3) is 0 Å². The molecule has 1 aromatic heterocycles. The average molecular weight is 293 g/mol. The van der Waals surface area contributed by atoms with Crippen molar-refractivity contribution in [1.82, 2.24) is 4.31 Å². The molecule has 2 atom stereocenters. The summed E-state index contributed by atoms with van der Waals surface area (Å²) in [6, 6.07) is 2.88. The molecule has 3 rings (SSSR count). The second-order valence-corrected chi connectivity index (χ2v) is 9.74. The quantitative estimate of drug-likeness (QED) is 0.786. The number of hydrogen-bond donors (Lipinski definition) is 0. The number of rotatable bonds is 2. The van der Waals surface area contributed by atoms with Crippen LogP contribution in [0, 0.1) is 0 Å². The van der Waals surface area contributed by atoms with Crippen molar-refractivity contribution in [1.29, 1.82) is 0 Å². The number of nitrogens with zero attached hydrogens (tertiary/aromatic N) is 1. The first kappa shape index (κ1) is 11.6. The minimum absolute atomic E-state index is 0.0255. The third-order valence-corrected chi connectivity index (χ3v) is 8.81. The Bertz CT molecular complexity index is 632. The van der Waals surface area contributed by atoms with Gasteiger partial charge in [0, 0.05) is 12.6 Å². The van der Waals surface area contributed by atoms with Gasteiger partial charge in [0.25, 0.3) is 10.0 Å². The summed E-state index contributed by atoms with van der Waals surface area (Å²) < 4.78 is 49.2. The molecule has 2 fully saturated rings. The summed E-state index contributed by atoms with van der Waals surface area (Å²) in [4.78, 5) is 0. The summed E-state index contributed by atoms with van der Waals surface area (Å²) in [5, 5.41) is 1.21. The van der Waals surface area contributed by atoms with Crippen LogP contribution in [0.3, 0.4) is 0 Å². The zero-order chi connectivity index (χ0) is 12.3. The van der Waals surface area contributed by atoms with Crippen molar-refractivity contribution >= 4 is 31.2 Å². The van der Waals surface area contributed by atoms with Crippen molar-refractivity contribution in [2.45, 2.75) is 21.9 Å². The monoisotopic (exact) mass is 293 g/mol. The van der Waals surface area contributed by atoms with Crippen LogP contribution < -0.4 is 0 Å². The highest BCUT2D eigenvalue weighted by molar-refractivity contribution is 7.93. The maximum Gasteiger partial charge on any atom is 0.252 e. The summed E-state index contributed by atoms with van der Waals surface area (Å²) in [6.45, 7) is 0.118. The van der Waals surface area contributed by atoms with E-state index >= 15 is 0 Å². The van der Waals surface area contributed by atoms with E-state index in [1.165, 1.54) is 4.31 Å². The van der Waals surface area contributed by atoms with Gasteiger partial charge >= 0.3 is 0 Å². The molecule has 94 valence electrons. The van der Waals surface area contributed by atoms with Gasteiger partial charge in [-0.3, -0.25) is 0 Å². The van der Waals surface area contributed by atoms with E-state index in [0.29, 0.717) is 10.6 Å². The lowest BCUT2D eigenvalue weighted by molar-refractivity contribution is 0.403. The number of hydrogen-bond acceptors (Lipinski definition) is 5. The highest BCUT2D eigenvalue weighted by Gasteiger charge is 2.52. The first-order chi connectivity index (χ1) is 7.91. The van der Waals surface area contributed by atoms with Gasteiger partial charge in [-0.15, -0.1) is 11.3 Å². The van der Waals surface area contributed by atoms with Crippen LogP contribution in [0.2, 0.25) is 0 Å². The molecule has 3 heterocycles. The molecule has 0 spiro atoms. The Morgan fingerprint density at radius 2 is 2.18 bits per heavy atom. The van der Waals surface area contributed by atoms with Gasteiger partial charge in [-0.2, -0.15) is 4.31 Å². The van der Waals surface area contributed by atoms with Gasteiger partial charge in [0.05, 0.1) is 11.0 Å². The van der Waals surface area contributed by atoms with Gasteiger partial charge in [0.1, 0.15) is 4.21 Å². The Labute approximate surface area is 104 Å². The van der Waals surface area contributed by atoms with Gasteiger partial charge in [-0.05, 0) is 17.9 Å². The molecule has 0 radical (unpaired) electrons. The fraction of sp³-hybridized carbons (Fsp3) is 0.556. The van der Waals surface area contributed by atoms with Gasteiger partial charge in [-0.1, -0.05) is 6.07 Å². The van der Waals surface area contributed by atoms with E-state index in [1.54, 1.807) is 17.5 Å². The van der Waals surface area contributed by atoms with Gasteiger partial charge in [0.15, 0.2) is 9.84 Å². The van der Waals surface area contributed by atoms with E-state index in [1.807, 2.05) is 0 Å². The van der Waals surface area contributed by atoms with E-state index in [9.17, 15) is 16.8 Å². The van der Waals surface area contributed by atoms with Gasteiger partial charge < -0.3 is 0 Å². The van der Waals surface area contributed by atoms with E-state index in [-0.39, 0.29) is 18.3 Å². The molecule has 1 aromatic rings. The van der Waals surface area contributed by atoms with Crippen molar-refractivity contribution in [2.75, 3.05) is 12.3 Å². The molecular weight excluding hydrogens is 282 g/mol. The highest BCUT2D eigenvalue weighted by Crippen LogP contribution is 2.37. The van der Waals surface area contributed by atoms with Crippen molar-refractivity contribution in [3.05, 3.63) is 17.5 Å². The van der Waals surface area contributed by atoms with E-state index in [2.05, 4.69) is 0 Å². The Morgan fingerprint density at radius 1 is 1.41 bits per heavy atom. The largest absolute Gasteiger partial charge is 0.252 e. The maximum atomic E-state index is 12.2. The highest BCUT2D eigenvalue weighted by atomic mass is 32.2. The second kappa shape index (κ2) is 3.53. The van der Waals surface area contributed by atoms with Crippen LogP contribution in [0.4, 0.5) is 0 Å². The Hall–Kier alpha value is -0.440. The van der Waals surface area contributed by atoms with Crippen LogP contribution >= 0.6 is 11.3 Å². The zero-order valence-corrected chi connectivity index (χ0v) is 11.3. The molecule has 0 aliphatic carbocycles. The van der Waals surface area contributed by atoms with E-state index in [4.69, 9.17) is 0 Å². The Balaban J connectivity index is 1.95. The molecule has 17 heavy (non-hydrogen) atoms. The summed E-state index contributed by atoms with van der Waals surface area (Å²) in [6.07, 6.45) is 0.451. The first-order valence-corrected chi connectivity index (χ1v) is 9.22. The third kappa shape index (κ3) is 1.66. The van der Waals surface area contributed by atoms with Gasteiger partial charge in [0.2, 0.25) is 0 Å². The van der Waals surface area contributed by atoms with E-state index in [0.717, 1.165) is 11.3 Å². The van der Waals surface area contributed by atoms with Crippen LogP contribution in [-0.4, -0.2) is 44.7 Å². The second-order valence-electron chi connectivity index (χ2n) is 4.35. The lowest BCUT2D eigenvalue weighted by Gasteiger charge is -2.25. The normalized spacial score (nSPS) is 32.0. The number of fused-ring (bicyclic) bond motifs is 2. The number of sulfone groups is 1. The summed E-state index contributed by atoms with van der Waals surface area (Å²) in [7, 11) is -6.54. The number of sulfonamides is 1. The molecule has 2 saturated heterocycles. The smallest absolute Gasteiger partial charge is 0.228 e. The Kier molecular flexibility index (Phi) is 2.42. The maximum absolute atomic E-state index is 12.2. The lowest BCUT2D eigenvalue weighted by atomic mass is 10.3. The predicted octanol–water partition coefficient (Wildman–Crippen LogP) is 0.308. The molecular formula is C9H11NO4S3. The van der Waals surface area contributed by atoms with Crippen molar-refractivity contribution < 1.29 is 16.8 Å². The van der Waals surface area contributed by atoms with E-state index < -0.39 is 25.1 Å². The van der Waals surface area contributed by atoms with Crippen LogP contribution in [0.5, 0.6) is 0 Å². The minimum atomic E-state index is -3.49. The molecule has 0 N–H and O–H groups in total. The Morgan fingerprint density at radius 3 is 2.65 bits per heavy atom. The van der Waals surface area contributed by atoms with Crippen LogP contribution in [0.1, 0.15) is 6.42 Å². The first-order valence-electron chi connectivity index (χ1n) is 5.18. The standard InChI is InChI=1S/C9H11NO4S3/c11-16(12)6-7-4-8(16)5-10(7)17(13,14)9-2-1-3-15-9/h1-3,7-8H,4-6H2. The summed E-state index contributed by atoms with van der Waals surface area (Å²) in [5.41, 5.74) is 0. The summed E-state index contributed by atoms with van der Waals surface area (Å²) in [5.74, 6) is -0.0255. The molecule has 8 heteroatoms. The fourth-order valence-corrected chi connectivity index (χ4v) is 7.50.